The highest BCUT2D eigenvalue weighted by Gasteiger charge is 2.29. The molecule has 0 spiro atoms. The summed E-state index contributed by atoms with van der Waals surface area (Å²) in [6.45, 7) is 1.78. The third kappa shape index (κ3) is 6.02. The molecule has 3 aromatic carbocycles. The van der Waals surface area contributed by atoms with E-state index in [9.17, 15) is 14.4 Å². The molecule has 0 fully saturated rings. The lowest BCUT2D eigenvalue weighted by Gasteiger charge is -2.17. The van der Waals surface area contributed by atoms with Gasteiger partial charge in [-0.1, -0.05) is 60.7 Å². The normalized spacial score (nSPS) is 12.7. The van der Waals surface area contributed by atoms with Crippen molar-refractivity contribution in [2.24, 2.45) is 0 Å². The van der Waals surface area contributed by atoms with Crippen molar-refractivity contribution < 1.29 is 33.7 Å². The predicted octanol–water partition coefficient (Wildman–Crippen LogP) is 4.51. The summed E-state index contributed by atoms with van der Waals surface area (Å²) in [4.78, 5) is 35.3. The number of carboxylic acids is 1. The number of alkyl carbamates (subject to hydrolysis) is 1. The van der Waals surface area contributed by atoms with Crippen LogP contribution >= 0.6 is 0 Å². The molecule has 0 saturated heterocycles. The molecule has 1 aliphatic carbocycles. The van der Waals surface area contributed by atoms with Crippen LogP contribution in [0.15, 0.2) is 72.8 Å². The quantitative estimate of drug-likeness (QED) is 0.403. The maximum atomic E-state index is 12.4. The monoisotopic (exact) mass is 489 g/mol. The SMILES string of the molecule is C[C@H](NC(=O)OCC1c2ccccc2-c2ccccc21)C(=O)OCc1ccc(OCCC(=O)O)cc1. The largest absolute Gasteiger partial charge is 0.493 e. The van der Waals surface area contributed by atoms with E-state index in [1.165, 1.54) is 6.92 Å². The minimum absolute atomic E-state index is 0.0188. The lowest BCUT2D eigenvalue weighted by atomic mass is 9.98. The van der Waals surface area contributed by atoms with E-state index in [2.05, 4.69) is 17.4 Å². The second kappa shape index (κ2) is 11.4. The highest BCUT2D eigenvalue weighted by Crippen LogP contribution is 2.44. The predicted molar refractivity (Wildman–Crippen MR) is 132 cm³/mol. The molecule has 4 rings (SSSR count). The van der Waals surface area contributed by atoms with E-state index in [0.717, 1.165) is 27.8 Å². The van der Waals surface area contributed by atoms with Crippen molar-refractivity contribution in [3.63, 3.8) is 0 Å². The summed E-state index contributed by atoms with van der Waals surface area (Å²) in [6.07, 6.45) is -0.780. The minimum Gasteiger partial charge on any atom is -0.493 e. The number of ether oxygens (including phenoxy) is 3. The van der Waals surface area contributed by atoms with Crippen LogP contribution in [0.3, 0.4) is 0 Å². The van der Waals surface area contributed by atoms with Crippen molar-refractivity contribution in [1.82, 2.24) is 5.32 Å². The smallest absolute Gasteiger partial charge is 0.407 e. The van der Waals surface area contributed by atoms with Gasteiger partial charge < -0.3 is 24.6 Å². The molecular formula is C28H27NO7. The number of carbonyl (C=O) groups excluding carboxylic acids is 2. The number of carboxylic acid groups (broad SMARTS) is 1. The van der Waals surface area contributed by atoms with Gasteiger partial charge in [0.15, 0.2) is 0 Å². The van der Waals surface area contributed by atoms with Gasteiger partial charge in [-0.15, -0.1) is 0 Å². The zero-order chi connectivity index (χ0) is 25.5. The number of hydrogen-bond donors (Lipinski definition) is 2. The van der Waals surface area contributed by atoms with Gasteiger partial charge >= 0.3 is 18.0 Å². The molecule has 1 aliphatic rings. The molecule has 0 aliphatic heterocycles. The van der Waals surface area contributed by atoms with Gasteiger partial charge in [0, 0.05) is 5.92 Å². The standard InChI is InChI=1S/C28H27NO7/c1-18(27(32)35-16-19-10-12-20(13-11-19)34-15-14-26(30)31)29-28(33)36-17-25-23-8-4-2-6-21(23)22-7-3-5-9-24(22)25/h2-13,18,25H,14-17H2,1H3,(H,29,33)(H,30,31)/t18-/m0/s1. The maximum absolute atomic E-state index is 12.4. The van der Waals surface area contributed by atoms with Crippen molar-refractivity contribution in [2.45, 2.75) is 31.9 Å². The molecule has 2 N–H and O–H groups in total. The van der Waals surface area contributed by atoms with E-state index in [1.54, 1.807) is 24.3 Å². The number of nitrogens with one attached hydrogen (secondary N) is 1. The lowest BCUT2D eigenvalue weighted by Crippen LogP contribution is -2.40. The van der Waals surface area contributed by atoms with Gasteiger partial charge in [0.25, 0.3) is 0 Å². The Hall–Kier alpha value is -4.33. The molecule has 1 amide bonds. The van der Waals surface area contributed by atoms with Crippen LogP contribution in [-0.2, 0) is 25.7 Å². The highest BCUT2D eigenvalue weighted by molar-refractivity contribution is 5.81. The Morgan fingerprint density at radius 1 is 0.889 bits per heavy atom. The first kappa shape index (κ1) is 24.8. The van der Waals surface area contributed by atoms with E-state index >= 15 is 0 Å². The number of aliphatic carboxylic acids is 1. The van der Waals surface area contributed by atoms with Crippen LogP contribution in [-0.4, -0.2) is 42.4 Å². The Morgan fingerprint density at radius 3 is 2.11 bits per heavy atom. The third-order valence-corrected chi connectivity index (χ3v) is 5.92. The molecule has 0 saturated carbocycles. The van der Waals surface area contributed by atoms with Crippen LogP contribution < -0.4 is 10.1 Å². The van der Waals surface area contributed by atoms with Gasteiger partial charge in [-0.3, -0.25) is 4.79 Å². The highest BCUT2D eigenvalue weighted by atomic mass is 16.6. The van der Waals surface area contributed by atoms with Crippen LogP contribution in [0.2, 0.25) is 0 Å². The molecular weight excluding hydrogens is 462 g/mol. The first-order valence-electron chi connectivity index (χ1n) is 11.6. The lowest BCUT2D eigenvalue weighted by molar-refractivity contribution is -0.147. The summed E-state index contributed by atoms with van der Waals surface area (Å²) in [5, 5.41) is 11.2. The zero-order valence-corrected chi connectivity index (χ0v) is 19.8. The van der Waals surface area contributed by atoms with Gasteiger partial charge in [-0.2, -0.15) is 0 Å². The third-order valence-electron chi connectivity index (χ3n) is 5.92. The second-order valence-corrected chi connectivity index (χ2v) is 8.44. The second-order valence-electron chi connectivity index (χ2n) is 8.44. The summed E-state index contributed by atoms with van der Waals surface area (Å²) in [5.41, 5.74) is 5.22. The average Bonchev–Trinajstić information content (AvgIpc) is 3.20. The fourth-order valence-electron chi connectivity index (χ4n) is 4.09. The van der Waals surface area contributed by atoms with Gasteiger partial charge in [0.05, 0.1) is 13.0 Å². The topological polar surface area (TPSA) is 111 Å². The summed E-state index contributed by atoms with van der Waals surface area (Å²) in [7, 11) is 0. The van der Waals surface area contributed by atoms with E-state index in [0.29, 0.717) is 5.75 Å². The first-order valence-corrected chi connectivity index (χ1v) is 11.6. The van der Waals surface area contributed by atoms with Crippen LogP contribution in [0.25, 0.3) is 11.1 Å². The Morgan fingerprint density at radius 2 is 1.50 bits per heavy atom. The first-order chi connectivity index (χ1) is 17.4. The summed E-state index contributed by atoms with van der Waals surface area (Å²) in [5.74, 6) is -1.07. The van der Waals surface area contributed by atoms with Crippen LogP contribution in [0.1, 0.15) is 36.0 Å². The van der Waals surface area contributed by atoms with Crippen molar-refractivity contribution in [3.05, 3.63) is 89.5 Å². The number of benzene rings is 3. The van der Waals surface area contributed by atoms with E-state index in [-0.39, 0.29) is 32.2 Å². The molecule has 186 valence electrons. The molecule has 0 radical (unpaired) electrons. The molecule has 3 aromatic rings. The number of fused-ring (bicyclic) bond motifs is 3. The van der Waals surface area contributed by atoms with Gasteiger partial charge in [0.2, 0.25) is 0 Å². The molecule has 0 aromatic heterocycles. The van der Waals surface area contributed by atoms with Crippen LogP contribution in [0.4, 0.5) is 4.79 Å². The van der Waals surface area contributed by atoms with E-state index in [4.69, 9.17) is 19.3 Å². The fourth-order valence-corrected chi connectivity index (χ4v) is 4.09. The van der Waals surface area contributed by atoms with Crippen LogP contribution in [0, 0.1) is 0 Å². The summed E-state index contributed by atoms with van der Waals surface area (Å²) >= 11 is 0. The van der Waals surface area contributed by atoms with Crippen LogP contribution in [0.5, 0.6) is 5.75 Å². The minimum atomic E-state index is -0.931. The summed E-state index contributed by atoms with van der Waals surface area (Å²) in [6, 6.07) is 22.0. The van der Waals surface area contributed by atoms with Gasteiger partial charge in [-0.25, -0.2) is 9.59 Å². The molecule has 0 heterocycles. The zero-order valence-electron chi connectivity index (χ0n) is 19.8. The van der Waals surface area contributed by atoms with Gasteiger partial charge in [-0.05, 0) is 46.9 Å². The van der Waals surface area contributed by atoms with Crippen molar-refractivity contribution in [3.8, 4) is 16.9 Å². The van der Waals surface area contributed by atoms with E-state index in [1.807, 2.05) is 36.4 Å². The van der Waals surface area contributed by atoms with Crippen molar-refractivity contribution >= 4 is 18.0 Å². The molecule has 0 bridgehead atoms. The van der Waals surface area contributed by atoms with Gasteiger partial charge in [0.1, 0.15) is 25.0 Å². The number of rotatable bonds is 10. The van der Waals surface area contributed by atoms with E-state index < -0.39 is 24.1 Å². The Balaban J connectivity index is 1.23. The number of amides is 1. The maximum Gasteiger partial charge on any atom is 0.407 e. The average molecular weight is 490 g/mol. The fraction of sp³-hybridized carbons (Fsp3) is 0.250. The number of esters is 1. The summed E-state index contributed by atoms with van der Waals surface area (Å²) < 4.78 is 16.1. The molecule has 8 heteroatoms. The molecule has 0 unspecified atom stereocenters. The number of hydrogen-bond acceptors (Lipinski definition) is 6. The number of carbonyl (C=O) groups is 3. The van der Waals surface area contributed by atoms with Crippen molar-refractivity contribution in [2.75, 3.05) is 13.2 Å². The molecule has 36 heavy (non-hydrogen) atoms. The van der Waals surface area contributed by atoms with Crippen molar-refractivity contribution in [1.29, 1.82) is 0 Å². The Bertz CT molecular complexity index is 1190. The molecule has 1 atom stereocenters. The Labute approximate surface area is 208 Å². The Kier molecular flexibility index (Phi) is 7.85. The molecule has 8 nitrogen and oxygen atoms in total.